The number of hydrogen-bond acceptors (Lipinski definition) is 3. The number of aliphatic hydroxyl groups excluding tert-OH is 1. The van der Waals surface area contributed by atoms with Gasteiger partial charge in [0.25, 0.3) is 0 Å². The summed E-state index contributed by atoms with van der Waals surface area (Å²) < 4.78 is 0. The molecule has 0 rings (SSSR count). The maximum Gasteiger partial charge on any atom is 0.224 e. The average Bonchev–Trinajstić information content (AvgIpc) is 2.16. The second kappa shape index (κ2) is 7.17. The van der Waals surface area contributed by atoms with Crippen molar-refractivity contribution < 1.29 is 14.7 Å². The third-order valence-corrected chi connectivity index (χ3v) is 2.45. The molecule has 0 radical (unpaired) electrons. The average molecular weight is 227 g/mol. The minimum absolute atomic E-state index is 0.0216. The second-order valence-corrected chi connectivity index (χ2v) is 4.17. The fraction of sp³-hybridized carbons (Fsp3) is 0.667. The summed E-state index contributed by atoms with van der Waals surface area (Å²) in [6.07, 6.45) is 1.70. The van der Waals surface area contributed by atoms with Gasteiger partial charge in [-0.15, -0.1) is 6.58 Å². The van der Waals surface area contributed by atoms with Crippen molar-refractivity contribution in [2.75, 3.05) is 0 Å². The lowest BCUT2D eigenvalue weighted by atomic mass is 9.97. The number of aliphatic hydroxyl groups is 1. The molecule has 0 saturated heterocycles. The number of hydrogen-bond donors (Lipinski definition) is 2. The smallest absolute Gasteiger partial charge is 0.224 e. The van der Waals surface area contributed by atoms with E-state index in [4.69, 9.17) is 0 Å². The molecule has 0 aromatic heterocycles. The third-order valence-electron chi connectivity index (χ3n) is 2.45. The van der Waals surface area contributed by atoms with Crippen LogP contribution in [0.3, 0.4) is 0 Å². The largest absolute Gasteiger partial charge is 0.391 e. The topological polar surface area (TPSA) is 66.4 Å². The summed E-state index contributed by atoms with van der Waals surface area (Å²) in [6.45, 7) is 8.36. The van der Waals surface area contributed by atoms with Crippen molar-refractivity contribution in [1.82, 2.24) is 5.32 Å². The van der Waals surface area contributed by atoms with Crippen molar-refractivity contribution in [2.24, 2.45) is 5.92 Å². The van der Waals surface area contributed by atoms with Crippen molar-refractivity contribution in [2.45, 2.75) is 45.8 Å². The Kier molecular flexibility index (Phi) is 6.65. The summed E-state index contributed by atoms with van der Waals surface area (Å²) in [5.41, 5.74) is 0. The molecule has 1 amide bonds. The molecule has 3 unspecified atom stereocenters. The van der Waals surface area contributed by atoms with Gasteiger partial charge in [-0.1, -0.05) is 6.08 Å². The lowest BCUT2D eigenvalue weighted by Crippen LogP contribution is -2.43. The van der Waals surface area contributed by atoms with E-state index in [-0.39, 0.29) is 30.1 Å². The third kappa shape index (κ3) is 5.66. The highest BCUT2D eigenvalue weighted by Crippen LogP contribution is 2.11. The van der Waals surface area contributed by atoms with Gasteiger partial charge in [0.2, 0.25) is 5.91 Å². The number of amides is 1. The van der Waals surface area contributed by atoms with E-state index in [2.05, 4.69) is 11.9 Å². The van der Waals surface area contributed by atoms with Gasteiger partial charge < -0.3 is 15.2 Å². The van der Waals surface area contributed by atoms with Crippen LogP contribution in [-0.2, 0) is 9.59 Å². The molecule has 3 atom stereocenters. The van der Waals surface area contributed by atoms with Gasteiger partial charge in [0.15, 0.2) is 0 Å². The molecule has 0 fully saturated rings. The predicted octanol–water partition coefficient (Wildman–Crippen LogP) is 1.04. The number of rotatable bonds is 7. The maximum absolute atomic E-state index is 11.8. The molecule has 0 aliphatic heterocycles. The summed E-state index contributed by atoms with van der Waals surface area (Å²) in [7, 11) is 0. The number of ketones is 1. The SMILES string of the molecule is C=CCC(CC(C)=O)C(=O)NC(C)C(C)O. The first-order valence-electron chi connectivity index (χ1n) is 5.47. The molecular formula is C12H21NO3. The van der Waals surface area contributed by atoms with Crippen LogP contribution < -0.4 is 5.32 Å². The van der Waals surface area contributed by atoms with E-state index >= 15 is 0 Å². The van der Waals surface area contributed by atoms with Gasteiger partial charge in [-0.2, -0.15) is 0 Å². The molecule has 0 aromatic carbocycles. The van der Waals surface area contributed by atoms with E-state index < -0.39 is 6.10 Å². The van der Waals surface area contributed by atoms with Gasteiger partial charge >= 0.3 is 0 Å². The van der Waals surface area contributed by atoms with Crippen LogP contribution in [0, 0.1) is 5.92 Å². The Morgan fingerprint density at radius 3 is 2.38 bits per heavy atom. The summed E-state index contributed by atoms with van der Waals surface area (Å²) in [5.74, 6) is -0.605. The van der Waals surface area contributed by atoms with Gasteiger partial charge in [-0.05, 0) is 27.2 Å². The summed E-state index contributed by atoms with van der Waals surface area (Å²) in [6, 6.07) is -0.313. The molecule has 0 aliphatic carbocycles. The minimum Gasteiger partial charge on any atom is -0.391 e. The fourth-order valence-electron chi connectivity index (χ4n) is 1.29. The van der Waals surface area contributed by atoms with Crippen LogP contribution in [0.1, 0.15) is 33.6 Å². The molecule has 4 heteroatoms. The predicted molar refractivity (Wildman–Crippen MR) is 62.9 cm³/mol. The Morgan fingerprint density at radius 2 is 2.00 bits per heavy atom. The molecule has 0 aromatic rings. The normalized spacial score (nSPS) is 16.0. The van der Waals surface area contributed by atoms with Crippen molar-refractivity contribution >= 4 is 11.7 Å². The Bertz CT molecular complexity index is 261. The zero-order valence-corrected chi connectivity index (χ0v) is 10.2. The van der Waals surface area contributed by atoms with E-state index in [1.807, 2.05) is 0 Å². The van der Waals surface area contributed by atoms with E-state index in [0.29, 0.717) is 6.42 Å². The van der Waals surface area contributed by atoms with Crippen molar-refractivity contribution in [1.29, 1.82) is 0 Å². The van der Waals surface area contributed by atoms with E-state index in [1.165, 1.54) is 6.92 Å². The molecule has 16 heavy (non-hydrogen) atoms. The Balaban J connectivity index is 4.37. The van der Waals surface area contributed by atoms with Crippen LogP contribution in [0.15, 0.2) is 12.7 Å². The maximum atomic E-state index is 11.8. The lowest BCUT2D eigenvalue weighted by Gasteiger charge is -2.20. The summed E-state index contributed by atoms with van der Waals surface area (Å²) in [5, 5.41) is 11.9. The Labute approximate surface area is 96.7 Å². The summed E-state index contributed by atoms with van der Waals surface area (Å²) in [4.78, 5) is 22.8. The van der Waals surface area contributed by atoms with Gasteiger partial charge in [0.05, 0.1) is 12.1 Å². The van der Waals surface area contributed by atoms with Crippen LogP contribution in [-0.4, -0.2) is 28.9 Å². The quantitative estimate of drug-likeness (QED) is 0.639. The molecule has 0 heterocycles. The van der Waals surface area contributed by atoms with Crippen LogP contribution in [0.4, 0.5) is 0 Å². The number of carbonyl (C=O) groups excluding carboxylic acids is 2. The van der Waals surface area contributed by atoms with Crippen LogP contribution in [0.25, 0.3) is 0 Å². The molecule has 0 aliphatic rings. The first-order chi connectivity index (χ1) is 7.38. The van der Waals surface area contributed by atoms with Crippen molar-refractivity contribution in [3.8, 4) is 0 Å². The van der Waals surface area contributed by atoms with Crippen LogP contribution >= 0.6 is 0 Å². The lowest BCUT2D eigenvalue weighted by molar-refractivity contribution is -0.129. The molecule has 0 saturated carbocycles. The van der Waals surface area contributed by atoms with Crippen molar-refractivity contribution in [3.63, 3.8) is 0 Å². The zero-order chi connectivity index (χ0) is 12.7. The molecular weight excluding hydrogens is 206 g/mol. The van der Waals surface area contributed by atoms with Crippen LogP contribution in [0.2, 0.25) is 0 Å². The molecule has 92 valence electrons. The highest BCUT2D eigenvalue weighted by Gasteiger charge is 2.21. The van der Waals surface area contributed by atoms with E-state index in [9.17, 15) is 14.7 Å². The fourth-order valence-corrected chi connectivity index (χ4v) is 1.29. The monoisotopic (exact) mass is 227 g/mol. The van der Waals surface area contributed by atoms with Crippen LogP contribution in [0.5, 0.6) is 0 Å². The highest BCUT2D eigenvalue weighted by molar-refractivity contribution is 5.85. The second-order valence-electron chi connectivity index (χ2n) is 4.17. The zero-order valence-electron chi connectivity index (χ0n) is 10.2. The molecule has 2 N–H and O–H groups in total. The van der Waals surface area contributed by atoms with E-state index in [0.717, 1.165) is 0 Å². The number of allylic oxidation sites excluding steroid dienone is 1. The molecule has 4 nitrogen and oxygen atoms in total. The number of carbonyl (C=O) groups is 2. The van der Waals surface area contributed by atoms with E-state index in [1.54, 1.807) is 19.9 Å². The number of Topliss-reactive ketones (excluding diaryl/α,β-unsaturated/α-hetero) is 1. The molecule has 0 bridgehead atoms. The van der Waals surface area contributed by atoms with Gasteiger partial charge in [0, 0.05) is 12.3 Å². The van der Waals surface area contributed by atoms with Crippen molar-refractivity contribution in [3.05, 3.63) is 12.7 Å². The Morgan fingerprint density at radius 1 is 1.44 bits per heavy atom. The minimum atomic E-state index is -0.606. The first-order valence-corrected chi connectivity index (χ1v) is 5.47. The number of nitrogens with one attached hydrogen (secondary N) is 1. The first kappa shape index (κ1) is 14.8. The highest BCUT2D eigenvalue weighted by atomic mass is 16.3. The molecule has 0 spiro atoms. The van der Waals surface area contributed by atoms with Gasteiger partial charge in [-0.3, -0.25) is 4.79 Å². The van der Waals surface area contributed by atoms with Gasteiger partial charge in [-0.25, -0.2) is 0 Å². The van der Waals surface area contributed by atoms with Gasteiger partial charge in [0.1, 0.15) is 5.78 Å². The summed E-state index contributed by atoms with van der Waals surface area (Å²) >= 11 is 0. The Hall–Kier alpha value is -1.16. The standard InChI is InChI=1S/C12H21NO3/c1-5-6-11(7-8(2)14)12(16)13-9(3)10(4)15/h5,9-11,15H,1,6-7H2,2-4H3,(H,13,16).